The number of rotatable bonds is 9. The number of amides is 1. The van der Waals surface area contributed by atoms with Crippen LogP contribution in [-0.2, 0) is 14.3 Å². The number of unbranched alkanes of at least 4 members (excludes halogenated alkanes) is 2. The Hall–Kier alpha value is -2.43. The van der Waals surface area contributed by atoms with Gasteiger partial charge >= 0.3 is 5.97 Å². The highest BCUT2D eigenvalue weighted by Crippen LogP contribution is 2.11. The number of Topliss-reactive ketones (excluding diaryl/α,β-unsaturated/α-hetero) is 1. The molecule has 1 N–H and O–H groups in total. The van der Waals surface area contributed by atoms with E-state index in [9.17, 15) is 14.4 Å². The number of hydrogen-bond donors (Lipinski definition) is 1. The molecule has 0 aliphatic carbocycles. The summed E-state index contributed by atoms with van der Waals surface area (Å²) in [6.07, 6.45) is 6.27. The zero-order chi connectivity index (χ0) is 17.1. The number of ether oxygens (including phenoxy) is 1. The van der Waals surface area contributed by atoms with Crippen LogP contribution in [0.5, 0.6) is 0 Å². The first kappa shape index (κ1) is 18.6. The Balaban J connectivity index is 2.47. The Morgan fingerprint density at radius 3 is 2.43 bits per heavy atom. The van der Waals surface area contributed by atoms with E-state index in [1.54, 1.807) is 37.3 Å². The molecule has 5 heteroatoms. The van der Waals surface area contributed by atoms with Crippen molar-refractivity contribution >= 4 is 23.3 Å². The molecular formula is C18H23NO4. The lowest BCUT2D eigenvalue weighted by atomic mass is 10.1. The van der Waals surface area contributed by atoms with Crippen molar-refractivity contribution in [2.45, 2.75) is 39.5 Å². The lowest BCUT2D eigenvalue weighted by molar-refractivity contribution is -0.136. The van der Waals surface area contributed by atoms with Crippen molar-refractivity contribution in [3.8, 4) is 0 Å². The lowest BCUT2D eigenvalue weighted by Gasteiger charge is -2.06. The van der Waals surface area contributed by atoms with Gasteiger partial charge in [-0.15, -0.1) is 0 Å². The maximum absolute atomic E-state index is 11.9. The molecule has 0 spiro atoms. The van der Waals surface area contributed by atoms with Gasteiger partial charge in [0.2, 0.25) is 5.91 Å². The minimum Gasteiger partial charge on any atom is -0.454 e. The van der Waals surface area contributed by atoms with E-state index in [1.165, 1.54) is 6.08 Å². The molecule has 23 heavy (non-hydrogen) atoms. The van der Waals surface area contributed by atoms with E-state index in [1.807, 2.05) is 0 Å². The van der Waals surface area contributed by atoms with Crippen LogP contribution >= 0.6 is 0 Å². The monoisotopic (exact) mass is 317 g/mol. The van der Waals surface area contributed by atoms with Crippen molar-refractivity contribution in [3.63, 3.8) is 0 Å². The van der Waals surface area contributed by atoms with Gasteiger partial charge in [-0.1, -0.05) is 25.8 Å². The van der Waals surface area contributed by atoms with Gasteiger partial charge in [-0.3, -0.25) is 9.59 Å². The lowest BCUT2D eigenvalue weighted by Crippen LogP contribution is -2.13. The van der Waals surface area contributed by atoms with Crippen molar-refractivity contribution in [1.82, 2.24) is 0 Å². The molecule has 0 radical (unpaired) electrons. The number of hydrogen-bond acceptors (Lipinski definition) is 4. The molecule has 1 amide bonds. The highest BCUT2D eigenvalue weighted by molar-refractivity contribution is 5.99. The number of ketones is 1. The number of allylic oxidation sites excluding steroid dienone is 1. The first-order valence-electron chi connectivity index (χ1n) is 7.79. The molecule has 0 unspecified atom stereocenters. The second-order valence-electron chi connectivity index (χ2n) is 5.11. The average molecular weight is 317 g/mol. The fourth-order valence-corrected chi connectivity index (χ4v) is 1.90. The van der Waals surface area contributed by atoms with Gasteiger partial charge in [0.05, 0.1) is 0 Å². The molecule has 0 atom stereocenters. The van der Waals surface area contributed by atoms with Gasteiger partial charge in [-0.05, 0) is 37.6 Å². The molecule has 1 rings (SSSR count). The van der Waals surface area contributed by atoms with Gasteiger partial charge in [0.25, 0.3) is 0 Å². The summed E-state index contributed by atoms with van der Waals surface area (Å²) < 4.78 is 4.80. The topological polar surface area (TPSA) is 72.5 Å². The van der Waals surface area contributed by atoms with Gasteiger partial charge in [0.1, 0.15) is 0 Å². The van der Waals surface area contributed by atoms with E-state index in [0.29, 0.717) is 17.7 Å². The largest absolute Gasteiger partial charge is 0.454 e. The third-order valence-corrected chi connectivity index (χ3v) is 3.15. The van der Waals surface area contributed by atoms with Crippen molar-refractivity contribution < 1.29 is 19.1 Å². The first-order chi connectivity index (χ1) is 11.1. The predicted octanol–water partition coefficient (Wildman–Crippen LogP) is 3.51. The van der Waals surface area contributed by atoms with Crippen LogP contribution in [0.4, 0.5) is 5.69 Å². The number of benzene rings is 1. The van der Waals surface area contributed by atoms with Crippen molar-refractivity contribution in [2.75, 3.05) is 11.9 Å². The number of nitrogens with one attached hydrogen (secondary N) is 1. The van der Waals surface area contributed by atoms with E-state index in [0.717, 1.165) is 19.3 Å². The molecule has 0 bridgehead atoms. The van der Waals surface area contributed by atoms with Crippen molar-refractivity contribution in [1.29, 1.82) is 0 Å². The van der Waals surface area contributed by atoms with Crippen molar-refractivity contribution in [3.05, 3.63) is 42.0 Å². The molecule has 0 aliphatic rings. The van der Waals surface area contributed by atoms with E-state index >= 15 is 0 Å². The third-order valence-electron chi connectivity index (χ3n) is 3.15. The number of anilines is 1. The summed E-state index contributed by atoms with van der Waals surface area (Å²) in [6.45, 7) is 3.48. The van der Waals surface area contributed by atoms with Gasteiger partial charge in [-0.25, -0.2) is 4.79 Å². The summed E-state index contributed by atoms with van der Waals surface area (Å²) >= 11 is 0. The van der Waals surface area contributed by atoms with E-state index < -0.39 is 5.97 Å². The van der Waals surface area contributed by atoms with Crippen LogP contribution in [0.1, 0.15) is 49.9 Å². The smallest absolute Gasteiger partial charge is 0.330 e. The molecular weight excluding hydrogens is 294 g/mol. The summed E-state index contributed by atoms with van der Waals surface area (Å²) in [5, 5.41) is 2.79. The van der Waals surface area contributed by atoms with Gasteiger partial charge in [0.15, 0.2) is 12.4 Å². The highest BCUT2D eigenvalue weighted by atomic mass is 16.5. The molecule has 0 saturated heterocycles. The number of carbonyl (C=O) groups is 3. The fraction of sp³-hybridized carbons (Fsp3) is 0.389. The quantitative estimate of drug-likeness (QED) is 0.327. The predicted molar refractivity (Wildman–Crippen MR) is 89.3 cm³/mol. The molecule has 1 aromatic carbocycles. The Kier molecular flexibility index (Phi) is 8.36. The van der Waals surface area contributed by atoms with Crippen LogP contribution in [0.25, 0.3) is 0 Å². The maximum atomic E-state index is 11.9. The Morgan fingerprint density at radius 2 is 1.83 bits per heavy atom. The third kappa shape index (κ3) is 7.40. The van der Waals surface area contributed by atoms with E-state index in [4.69, 9.17) is 4.74 Å². The SMILES string of the molecule is C/C=C/C(=O)OCC(=O)c1ccc(NC(=O)CCCCC)cc1. The summed E-state index contributed by atoms with van der Waals surface area (Å²) in [6, 6.07) is 6.54. The van der Waals surface area contributed by atoms with Crippen LogP contribution in [0.2, 0.25) is 0 Å². The second kappa shape index (κ2) is 10.3. The molecule has 5 nitrogen and oxygen atoms in total. The van der Waals surface area contributed by atoms with Crippen molar-refractivity contribution in [2.24, 2.45) is 0 Å². The summed E-state index contributed by atoms with van der Waals surface area (Å²) in [7, 11) is 0. The van der Waals surface area contributed by atoms with Crippen LogP contribution in [0.15, 0.2) is 36.4 Å². The number of esters is 1. The summed E-state index contributed by atoms with van der Waals surface area (Å²) in [4.78, 5) is 34.7. The molecule has 0 heterocycles. The normalized spacial score (nSPS) is 10.5. The summed E-state index contributed by atoms with van der Waals surface area (Å²) in [5.74, 6) is -0.863. The Labute approximate surface area is 136 Å². The Bertz CT molecular complexity index is 561. The maximum Gasteiger partial charge on any atom is 0.330 e. The first-order valence-corrected chi connectivity index (χ1v) is 7.79. The number of carbonyl (C=O) groups excluding carboxylic acids is 3. The minimum atomic E-state index is -0.545. The van der Waals surface area contributed by atoms with Gasteiger partial charge in [-0.2, -0.15) is 0 Å². The second-order valence-corrected chi connectivity index (χ2v) is 5.11. The minimum absolute atomic E-state index is 0.0298. The molecule has 124 valence electrons. The molecule has 0 saturated carbocycles. The molecule has 0 fully saturated rings. The van der Waals surface area contributed by atoms with Crippen LogP contribution < -0.4 is 5.32 Å². The van der Waals surface area contributed by atoms with Gasteiger partial charge < -0.3 is 10.1 Å². The zero-order valence-corrected chi connectivity index (χ0v) is 13.6. The van der Waals surface area contributed by atoms with Crippen LogP contribution in [0, 0.1) is 0 Å². The zero-order valence-electron chi connectivity index (χ0n) is 13.6. The average Bonchev–Trinajstić information content (AvgIpc) is 2.54. The summed E-state index contributed by atoms with van der Waals surface area (Å²) in [5.41, 5.74) is 1.08. The van der Waals surface area contributed by atoms with Gasteiger partial charge in [0, 0.05) is 23.7 Å². The standard InChI is InChI=1S/C18H23NO4/c1-3-5-6-8-17(21)19-15-11-9-14(10-12-15)16(20)13-23-18(22)7-4-2/h4,7,9-12H,3,5-6,8,13H2,1-2H3,(H,19,21)/b7-4+. The molecule has 1 aromatic rings. The fourth-order valence-electron chi connectivity index (χ4n) is 1.90. The van der Waals surface area contributed by atoms with Crippen LogP contribution in [-0.4, -0.2) is 24.3 Å². The molecule has 0 aliphatic heterocycles. The van der Waals surface area contributed by atoms with E-state index in [2.05, 4.69) is 12.2 Å². The van der Waals surface area contributed by atoms with E-state index in [-0.39, 0.29) is 18.3 Å². The highest BCUT2D eigenvalue weighted by Gasteiger charge is 2.09. The molecule has 0 aromatic heterocycles. The van der Waals surface area contributed by atoms with Crippen LogP contribution in [0.3, 0.4) is 0 Å². The Morgan fingerprint density at radius 1 is 1.13 bits per heavy atom.